The zero-order chi connectivity index (χ0) is 33.2. The van der Waals surface area contributed by atoms with E-state index in [0.29, 0.717) is 76.9 Å². The van der Waals surface area contributed by atoms with Gasteiger partial charge in [0.05, 0.1) is 21.5 Å². The number of fused-ring (bicyclic) bond motifs is 4. The molecule has 0 bridgehead atoms. The quantitative estimate of drug-likeness (QED) is 0.180. The molecule has 8 rings (SSSR count). The molecule has 1 atom stereocenters. The fraction of sp³-hybridized carbons (Fsp3) is 0.229. The number of carbonyl (C=O) groups excluding carboxylic acids is 1. The predicted octanol–water partition coefficient (Wildman–Crippen LogP) is 6.93. The number of rotatable bonds is 8. The molecule has 242 valence electrons. The molecule has 1 unspecified atom stereocenters. The number of thiophene rings is 1. The average Bonchev–Trinajstić information content (AvgIpc) is 3.85. The van der Waals surface area contributed by atoms with Crippen LogP contribution in [0, 0.1) is 24.4 Å². The van der Waals surface area contributed by atoms with E-state index in [1.54, 1.807) is 25.3 Å². The third-order valence-corrected chi connectivity index (χ3v) is 10.1. The Morgan fingerprint density at radius 2 is 1.79 bits per heavy atom. The Morgan fingerprint density at radius 3 is 2.56 bits per heavy atom. The summed E-state index contributed by atoms with van der Waals surface area (Å²) in [5, 5.41) is 24.4. The van der Waals surface area contributed by atoms with E-state index >= 15 is 0 Å². The van der Waals surface area contributed by atoms with E-state index in [-0.39, 0.29) is 29.7 Å². The largest absolute Gasteiger partial charge is 0.421 e. The SMILES string of the molecule is Cc1nnc(-c2c(CCc3ccc(F)cc3)nc3c(c2-c2cc4ccnc(NCc5ccc(F)c(F)c5)c4s2)C(=O)N2CCCC32O)o1. The summed E-state index contributed by atoms with van der Waals surface area (Å²) in [6.07, 6.45) is 3.50. The molecule has 4 aromatic heterocycles. The van der Waals surface area contributed by atoms with Crippen molar-refractivity contribution in [3.05, 3.63) is 112 Å². The van der Waals surface area contributed by atoms with Gasteiger partial charge in [-0.15, -0.1) is 21.5 Å². The van der Waals surface area contributed by atoms with Crippen molar-refractivity contribution in [2.75, 3.05) is 11.9 Å². The van der Waals surface area contributed by atoms with Crippen molar-refractivity contribution in [1.29, 1.82) is 0 Å². The van der Waals surface area contributed by atoms with Gasteiger partial charge in [0.1, 0.15) is 17.3 Å². The number of anilines is 1. The standard InChI is InChI=1S/C35H27F3N6O3S/c1-18-42-43-33(47-18)27-25(10-6-19-3-7-22(36)8-4-19)41-31-29(34(45)44-14-2-12-35(31,44)46)28(27)26-16-21-11-13-39-32(30(21)48-26)40-17-20-5-9-23(37)24(38)15-20/h3-5,7-9,11,13,15-16,46H,2,6,10,12,14,17H2,1H3,(H,39,40). The van der Waals surface area contributed by atoms with Gasteiger partial charge in [0, 0.05) is 43.1 Å². The highest BCUT2D eigenvalue weighted by Crippen LogP contribution is 2.51. The molecule has 2 N–H and O–H groups in total. The summed E-state index contributed by atoms with van der Waals surface area (Å²) in [6.45, 7) is 2.26. The minimum Gasteiger partial charge on any atom is -0.421 e. The smallest absolute Gasteiger partial charge is 0.259 e. The van der Waals surface area contributed by atoms with Gasteiger partial charge in [-0.05, 0) is 72.2 Å². The number of pyridine rings is 2. The molecule has 1 fully saturated rings. The second-order valence-corrected chi connectivity index (χ2v) is 13.0. The van der Waals surface area contributed by atoms with Gasteiger partial charge < -0.3 is 19.7 Å². The molecule has 0 radical (unpaired) electrons. The van der Waals surface area contributed by atoms with Gasteiger partial charge in [0.25, 0.3) is 5.91 Å². The van der Waals surface area contributed by atoms with Crippen LogP contribution in [0.15, 0.2) is 65.2 Å². The molecule has 1 amide bonds. The molecular formula is C35H27F3N6O3S. The Kier molecular flexibility index (Phi) is 7.26. The molecule has 6 heterocycles. The highest BCUT2D eigenvalue weighted by atomic mass is 32.1. The molecule has 1 saturated heterocycles. The number of hydrogen-bond donors (Lipinski definition) is 2. The Hall–Kier alpha value is -5.14. The maximum atomic E-state index is 14.1. The monoisotopic (exact) mass is 668 g/mol. The third kappa shape index (κ3) is 5.01. The minimum atomic E-state index is -1.55. The van der Waals surface area contributed by atoms with Crippen molar-refractivity contribution >= 4 is 33.1 Å². The van der Waals surface area contributed by atoms with E-state index < -0.39 is 17.4 Å². The van der Waals surface area contributed by atoms with Crippen LogP contribution in [-0.4, -0.2) is 42.6 Å². The Bertz CT molecular complexity index is 2240. The fourth-order valence-electron chi connectivity index (χ4n) is 6.60. The van der Waals surface area contributed by atoms with Gasteiger partial charge >= 0.3 is 0 Å². The third-order valence-electron chi connectivity index (χ3n) is 8.89. The zero-order valence-electron chi connectivity index (χ0n) is 25.6. The molecule has 2 aliphatic heterocycles. The van der Waals surface area contributed by atoms with Gasteiger partial charge in [-0.25, -0.2) is 18.2 Å². The number of aryl methyl sites for hydroxylation is 3. The van der Waals surface area contributed by atoms with E-state index in [1.165, 1.54) is 34.4 Å². The second-order valence-electron chi connectivity index (χ2n) is 12.0. The summed E-state index contributed by atoms with van der Waals surface area (Å²) in [6, 6.07) is 13.7. The summed E-state index contributed by atoms with van der Waals surface area (Å²) in [7, 11) is 0. The molecule has 2 aliphatic rings. The normalized spacial score (nSPS) is 16.9. The molecule has 2 aromatic carbocycles. The molecule has 0 aliphatic carbocycles. The van der Waals surface area contributed by atoms with Crippen LogP contribution in [0.2, 0.25) is 0 Å². The van der Waals surface area contributed by atoms with Crippen molar-refractivity contribution in [3.63, 3.8) is 0 Å². The number of benzene rings is 2. The lowest BCUT2D eigenvalue weighted by Crippen LogP contribution is -2.38. The van der Waals surface area contributed by atoms with Crippen molar-refractivity contribution in [3.8, 4) is 21.9 Å². The van der Waals surface area contributed by atoms with Crippen LogP contribution < -0.4 is 5.32 Å². The number of aromatic nitrogens is 4. The summed E-state index contributed by atoms with van der Waals surface area (Å²) in [5.74, 6) is -1.48. The predicted molar refractivity (Wildman–Crippen MR) is 173 cm³/mol. The van der Waals surface area contributed by atoms with Gasteiger partial charge in [-0.2, -0.15) is 0 Å². The van der Waals surface area contributed by atoms with E-state index in [4.69, 9.17) is 9.40 Å². The van der Waals surface area contributed by atoms with Crippen LogP contribution in [0.25, 0.3) is 32.0 Å². The number of carbonyl (C=O) groups is 1. The first kappa shape index (κ1) is 30.2. The van der Waals surface area contributed by atoms with E-state index in [0.717, 1.165) is 27.8 Å². The summed E-state index contributed by atoms with van der Waals surface area (Å²) in [5.41, 5.74) is 2.02. The van der Waals surface area contributed by atoms with Gasteiger partial charge in [0.15, 0.2) is 17.4 Å². The fourth-order valence-corrected chi connectivity index (χ4v) is 7.78. The molecule has 48 heavy (non-hydrogen) atoms. The minimum absolute atomic E-state index is 0.186. The Balaban J connectivity index is 1.30. The van der Waals surface area contributed by atoms with Gasteiger partial charge in [0.2, 0.25) is 11.8 Å². The molecule has 0 spiro atoms. The zero-order valence-corrected chi connectivity index (χ0v) is 26.4. The van der Waals surface area contributed by atoms with Crippen molar-refractivity contribution < 1.29 is 27.5 Å². The summed E-state index contributed by atoms with van der Waals surface area (Å²) < 4.78 is 47.8. The first-order valence-corrected chi connectivity index (χ1v) is 16.2. The van der Waals surface area contributed by atoms with Crippen LogP contribution in [0.3, 0.4) is 0 Å². The number of hydrogen-bond acceptors (Lipinski definition) is 9. The van der Waals surface area contributed by atoms with E-state index in [2.05, 4.69) is 20.5 Å². The second kappa shape index (κ2) is 11.5. The lowest BCUT2D eigenvalue weighted by Gasteiger charge is -2.25. The van der Waals surface area contributed by atoms with Crippen LogP contribution in [-0.2, 0) is 25.1 Å². The average molecular weight is 669 g/mol. The van der Waals surface area contributed by atoms with Crippen molar-refractivity contribution in [2.24, 2.45) is 0 Å². The van der Waals surface area contributed by atoms with E-state index in [9.17, 15) is 23.1 Å². The molecule has 6 aromatic rings. The van der Waals surface area contributed by atoms with Crippen molar-refractivity contribution in [2.45, 2.75) is 44.9 Å². The Labute approximate surface area is 276 Å². The lowest BCUT2D eigenvalue weighted by molar-refractivity contribution is -0.0605. The first-order valence-electron chi connectivity index (χ1n) is 15.4. The highest BCUT2D eigenvalue weighted by molar-refractivity contribution is 7.23. The van der Waals surface area contributed by atoms with E-state index in [1.807, 2.05) is 12.1 Å². The molecule has 13 heteroatoms. The number of halogens is 3. The van der Waals surface area contributed by atoms with Crippen LogP contribution >= 0.6 is 11.3 Å². The number of aliphatic hydroxyl groups is 1. The topological polar surface area (TPSA) is 117 Å². The first-order chi connectivity index (χ1) is 23.2. The summed E-state index contributed by atoms with van der Waals surface area (Å²) >= 11 is 1.38. The summed E-state index contributed by atoms with van der Waals surface area (Å²) in [4.78, 5) is 25.8. The van der Waals surface area contributed by atoms with Crippen LogP contribution in [0.1, 0.15) is 51.6 Å². The highest BCUT2D eigenvalue weighted by Gasteiger charge is 2.54. The van der Waals surface area contributed by atoms with Crippen LogP contribution in [0.4, 0.5) is 19.0 Å². The number of amides is 1. The molecule has 9 nitrogen and oxygen atoms in total. The number of nitrogens with zero attached hydrogens (tertiary/aromatic N) is 5. The molecule has 0 saturated carbocycles. The Morgan fingerprint density at radius 1 is 0.979 bits per heavy atom. The van der Waals surface area contributed by atoms with Crippen molar-refractivity contribution in [1.82, 2.24) is 25.1 Å². The lowest BCUT2D eigenvalue weighted by atomic mass is 9.92. The van der Waals surface area contributed by atoms with Gasteiger partial charge in [-0.1, -0.05) is 18.2 Å². The van der Waals surface area contributed by atoms with Crippen LogP contribution in [0.5, 0.6) is 0 Å². The van der Waals surface area contributed by atoms with Gasteiger partial charge in [-0.3, -0.25) is 9.78 Å². The maximum absolute atomic E-state index is 14.1. The number of nitrogens with one attached hydrogen (secondary N) is 1. The maximum Gasteiger partial charge on any atom is 0.259 e. The molecular weight excluding hydrogens is 641 g/mol.